The first kappa shape index (κ1) is 14.7. The fourth-order valence-corrected chi connectivity index (χ4v) is 4.85. The molecule has 1 saturated heterocycles. The number of nitrogens with zero attached hydrogens (tertiary/aromatic N) is 2. The number of hydrogen-bond donors (Lipinski definition) is 1. The molecule has 0 spiro atoms. The summed E-state index contributed by atoms with van der Waals surface area (Å²) in [5.41, 5.74) is 0.472. The second-order valence-corrected chi connectivity index (χ2v) is 7.31. The van der Waals surface area contributed by atoms with E-state index in [1.54, 1.807) is 24.4 Å². The SMILES string of the molecule is O=S(=O)(c1ccc(Cl)c2ncccc12)N1CCC[C@@H]1CO. The van der Waals surface area contributed by atoms with E-state index in [2.05, 4.69) is 4.98 Å². The van der Waals surface area contributed by atoms with E-state index in [1.165, 1.54) is 10.4 Å². The van der Waals surface area contributed by atoms with Crippen LogP contribution in [0.25, 0.3) is 10.9 Å². The smallest absolute Gasteiger partial charge is 0.244 e. The molecule has 0 radical (unpaired) electrons. The Morgan fingerprint density at radius 3 is 2.95 bits per heavy atom. The zero-order valence-corrected chi connectivity index (χ0v) is 12.8. The highest BCUT2D eigenvalue weighted by atomic mass is 35.5. The Kier molecular flexibility index (Phi) is 3.88. The number of benzene rings is 1. The Bertz CT molecular complexity index is 779. The average molecular weight is 327 g/mol. The minimum Gasteiger partial charge on any atom is -0.395 e. The molecule has 112 valence electrons. The molecular weight excluding hydrogens is 312 g/mol. The molecule has 21 heavy (non-hydrogen) atoms. The Balaban J connectivity index is 2.18. The normalized spacial score (nSPS) is 20.2. The quantitative estimate of drug-likeness (QED) is 0.937. The van der Waals surface area contributed by atoms with E-state index in [0.29, 0.717) is 28.9 Å². The van der Waals surface area contributed by atoms with Crippen molar-refractivity contribution in [3.8, 4) is 0 Å². The Hall–Kier alpha value is -1.21. The zero-order chi connectivity index (χ0) is 15.0. The van der Waals surface area contributed by atoms with Crippen molar-refractivity contribution in [1.82, 2.24) is 9.29 Å². The summed E-state index contributed by atoms with van der Waals surface area (Å²) in [5.74, 6) is 0. The van der Waals surface area contributed by atoms with E-state index >= 15 is 0 Å². The molecule has 1 fully saturated rings. The molecule has 1 aliphatic heterocycles. The first-order valence-electron chi connectivity index (χ1n) is 6.71. The van der Waals surface area contributed by atoms with Crippen molar-refractivity contribution in [2.45, 2.75) is 23.8 Å². The van der Waals surface area contributed by atoms with Gasteiger partial charge in [-0.1, -0.05) is 11.6 Å². The first-order chi connectivity index (χ1) is 10.1. The standard InChI is InChI=1S/C14H15ClN2O3S/c15-12-5-6-13(11-4-1-7-16-14(11)12)21(19,20)17-8-2-3-10(17)9-18/h1,4-7,10,18H,2-3,8-9H2/t10-/m1/s1. The van der Waals surface area contributed by atoms with Crippen LogP contribution >= 0.6 is 11.6 Å². The molecule has 7 heteroatoms. The third kappa shape index (κ3) is 2.42. The highest BCUT2D eigenvalue weighted by Crippen LogP contribution is 2.32. The van der Waals surface area contributed by atoms with Crippen LogP contribution in [-0.2, 0) is 10.0 Å². The lowest BCUT2D eigenvalue weighted by Gasteiger charge is -2.23. The van der Waals surface area contributed by atoms with E-state index in [9.17, 15) is 13.5 Å². The van der Waals surface area contributed by atoms with Crippen LogP contribution in [0.5, 0.6) is 0 Å². The third-order valence-electron chi connectivity index (χ3n) is 3.80. The molecule has 0 unspecified atom stereocenters. The maximum Gasteiger partial charge on any atom is 0.244 e. The fourth-order valence-electron chi connectivity index (χ4n) is 2.77. The number of aliphatic hydroxyl groups is 1. The number of rotatable bonds is 3. The van der Waals surface area contributed by atoms with Crippen LogP contribution in [0.15, 0.2) is 35.4 Å². The Morgan fingerprint density at radius 1 is 1.38 bits per heavy atom. The van der Waals surface area contributed by atoms with Crippen molar-refractivity contribution >= 4 is 32.5 Å². The minimum absolute atomic E-state index is 0.164. The topological polar surface area (TPSA) is 70.5 Å². The number of halogens is 1. The average Bonchev–Trinajstić information content (AvgIpc) is 2.97. The number of hydrogen-bond acceptors (Lipinski definition) is 4. The Morgan fingerprint density at radius 2 is 2.19 bits per heavy atom. The molecular formula is C14H15ClN2O3S. The van der Waals surface area contributed by atoms with Gasteiger partial charge in [0, 0.05) is 24.2 Å². The molecule has 3 rings (SSSR count). The predicted octanol–water partition coefficient (Wildman–Crippen LogP) is 2.03. The number of aromatic nitrogens is 1. The molecule has 2 heterocycles. The van der Waals surface area contributed by atoms with Gasteiger partial charge in [0.1, 0.15) is 0 Å². The van der Waals surface area contributed by atoms with E-state index in [4.69, 9.17) is 11.6 Å². The van der Waals surface area contributed by atoms with E-state index in [1.807, 2.05) is 0 Å². The van der Waals surface area contributed by atoms with Crippen molar-refractivity contribution in [1.29, 1.82) is 0 Å². The summed E-state index contributed by atoms with van der Waals surface area (Å²) in [6.07, 6.45) is 3.02. The van der Waals surface area contributed by atoms with Gasteiger partial charge in [-0.05, 0) is 37.1 Å². The van der Waals surface area contributed by atoms with Gasteiger partial charge in [-0.15, -0.1) is 0 Å². The number of aliphatic hydroxyl groups excluding tert-OH is 1. The van der Waals surface area contributed by atoms with Crippen LogP contribution in [0, 0.1) is 0 Å². The Labute approximate surface area is 128 Å². The summed E-state index contributed by atoms with van der Waals surface area (Å²) in [6.45, 7) is 0.265. The van der Waals surface area contributed by atoms with Gasteiger partial charge in [0.15, 0.2) is 0 Å². The number of sulfonamides is 1. The molecule has 1 aliphatic rings. The predicted molar refractivity (Wildman–Crippen MR) is 80.8 cm³/mol. The summed E-state index contributed by atoms with van der Waals surface area (Å²) in [4.78, 5) is 4.35. The lowest BCUT2D eigenvalue weighted by atomic mass is 10.2. The van der Waals surface area contributed by atoms with E-state index in [-0.39, 0.29) is 17.5 Å². The molecule has 5 nitrogen and oxygen atoms in total. The molecule has 1 aromatic heterocycles. The second kappa shape index (κ2) is 5.53. The molecule has 0 saturated carbocycles. The molecule has 2 aromatic rings. The maximum atomic E-state index is 12.9. The molecule has 1 aromatic carbocycles. The molecule has 0 amide bonds. The van der Waals surface area contributed by atoms with Gasteiger partial charge in [0.2, 0.25) is 10.0 Å². The second-order valence-electron chi connectivity index (χ2n) is 5.04. The zero-order valence-electron chi connectivity index (χ0n) is 11.2. The van der Waals surface area contributed by atoms with Crippen LogP contribution in [0.2, 0.25) is 5.02 Å². The minimum atomic E-state index is -3.67. The summed E-state index contributed by atoms with van der Waals surface area (Å²) < 4.78 is 27.1. The largest absolute Gasteiger partial charge is 0.395 e. The molecule has 1 atom stereocenters. The van der Waals surface area contributed by atoms with Crippen molar-refractivity contribution in [2.75, 3.05) is 13.2 Å². The summed E-state index contributed by atoms with van der Waals surface area (Å²) in [6, 6.07) is 6.09. The molecule has 1 N–H and O–H groups in total. The van der Waals surface area contributed by atoms with Crippen LogP contribution < -0.4 is 0 Å². The highest BCUT2D eigenvalue weighted by Gasteiger charge is 2.35. The molecule has 0 aliphatic carbocycles. The summed E-state index contributed by atoms with van der Waals surface area (Å²) >= 11 is 6.08. The monoisotopic (exact) mass is 326 g/mol. The van der Waals surface area contributed by atoms with Crippen molar-refractivity contribution in [2.24, 2.45) is 0 Å². The van der Waals surface area contributed by atoms with Gasteiger partial charge in [0.05, 0.1) is 22.0 Å². The summed E-state index contributed by atoms with van der Waals surface area (Å²) in [5, 5.41) is 10.3. The summed E-state index contributed by atoms with van der Waals surface area (Å²) in [7, 11) is -3.67. The molecule has 0 bridgehead atoms. The number of fused-ring (bicyclic) bond motifs is 1. The van der Waals surface area contributed by atoms with Gasteiger partial charge in [-0.25, -0.2) is 8.42 Å². The van der Waals surface area contributed by atoms with E-state index in [0.717, 1.165) is 6.42 Å². The third-order valence-corrected chi connectivity index (χ3v) is 6.12. The highest BCUT2D eigenvalue weighted by molar-refractivity contribution is 7.89. The number of pyridine rings is 1. The van der Waals surface area contributed by atoms with Gasteiger partial charge in [-0.2, -0.15) is 4.31 Å². The first-order valence-corrected chi connectivity index (χ1v) is 8.53. The van der Waals surface area contributed by atoms with Gasteiger partial charge in [0.25, 0.3) is 0 Å². The van der Waals surface area contributed by atoms with Crippen molar-refractivity contribution in [3.05, 3.63) is 35.5 Å². The van der Waals surface area contributed by atoms with Crippen LogP contribution in [0.4, 0.5) is 0 Å². The van der Waals surface area contributed by atoms with Gasteiger partial charge < -0.3 is 5.11 Å². The fraction of sp³-hybridized carbons (Fsp3) is 0.357. The van der Waals surface area contributed by atoms with Crippen LogP contribution in [0.1, 0.15) is 12.8 Å². The lowest BCUT2D eigenvalue weighted by Crippen LogP contribution is -2.37. The maximum absolute atomic E-state index is 12.9. The van der Waals surface area contributed by atoms with Crippen LogP contribution in [0.3, 0.4) is 0 Å². The van der Waals surface area contributed by atoms with Crippen molar-refractivity contribution < 1.29 is 13.5 Å². The van der Waals surface area contributed by atoms with E-state index < -0.39 is 10.0 Å². The lowest BCUT2D eigenvalue weighted by molar-refractivity contribution is 0.213. The van der Waals surface area contributed by atoms with Crippen LogP contribution in [-0.4, -0.2) is 42.0 Å². The van der Waals surface area contributed by atoms with Gasteiger partial charge >= 0.3 is 0 Å². The van der Waals surface area contributed by atoms with Crippen molar-refractivity contribution in [3.63, 3.8) is 0 Å². The van der Waals surface area contributed by atoms with Gasteiger partial charge in [-0.3, -0.25) is 4.98 Å².